The topological polar surface area (TPSA) is 165 Å². The molecule has 10 nitrogen and oxygen atoms in total. The number of hydrogen-bond acceptors (Lipinski definition) is 9. The van der Waals surface area contributed by atoms with Gasteiger partial charge in [0.2, 0.25) is 11.7 Å². The zero-order chi connectivity index (χ0) is 33.1. The molecule has 2 saturated carbocycles. The summed E-state index contributed by atoms with van der Waals surface area (Å²) in [4.78, 5) is 43.9. The van der Waals surface area contributed by atoms with Gasteiger partial charge in [-0.1, -0.05) is 48.9 Å². The third-order valence-corrected chi connectivity index (χ3v) is 10.6. The van der Waals surface area contributed by atoms with Crippen molar-refractivity contribution in [2.75, 3.05) is 33.7 Å². The van der Waals surface area contributed by atoms with E-state index >= 15 is 0 Å². The van der Waals surface area contributed by atoms with Crippen LogP contribution in [0.3, 0.4) is 0 Å². The van der Waals surface area contributed by atoms with E-state index in [9.17, 15) is 34.8 Å². The number of likely N-dealkylation sites (N-methyl/N-ethyl adjacent to an activating group) is 1. The molecular formula is C36H43N3O7. The molecule has 3 aliphatic carbocycles. The van der Waals surface area contributed by atoms with E-state index in [4.69, 9.17) is 5.73 Å². The highest BCUT2D eigenvalue weighted by atomic mass is 16.3. The van der Waals surface area contributed by atoms with Crippen molar-refractivity contribution in [1.29, 1.82) is 0 Å². The molecular weight excluding hydrogens is 586 g/mol. The first-order chi connectivity index (χ1) is 21.8. The summed E-state index contributed by atoms with van der Waals surface area (Å²) < 4.78 is 0. The van der Waals surface area contributed by atoms with Crippen LogP contribution in [0.25, 0.3) is 16.9 Å². The molecule has 2 aromatic rings. The average Bonchev–Trinajstić information content (AvgIpc) is 3.00. The quantitative estimate of drug-likeness (QED) is 0.229. The fourth-order valence-corrected chi connectivity index (χ4v) is 8.46. The van der Waals surface area contributed by atoms with Crippen LogP contribution in [0, 0.1) is 17.8 Å². The van der Waals surface area contributed by atoms with Crippen molar-refractivity contribution in [2.45, 2.75) is 56.3 Å². The Morgan fingerprint density at radius 2 is 1.74 bits per heavy atom. The van der Waals surface area contributed by atoms with Crippen molar-refractivity contribution in [1.82, 2.24) is 9.80 Å². The van der Waals surface area contributed by atoms with Crippen molar-refractivity contribution in [2.24, 2.45) is 23.5 Å². The Hall–Kier alpha value is -3.83. The number of Topliss-reactive ketones (excluding diaryl/α,β-unsaturated/α-hetero) is 2. The minimum atomic E-state index is -2.67. The number of phenols is 1. The van der Waals surface area contributed by atoms with Crippen LogP contribution in [0.5, 0.6) is 5.75 Å². The molecule has 3 unspecified atom stereocenters. The number of carbonyl (C=O) groups excluding carboxylic acids is 3. The van der Waals surface area contributed by atoms with Crippen LogP contribution in [-0.4, -0.2) is 99.2 Å². The Balaban J connectivity index is 1.34. The highest BCUT2D eigenvalue weighted by Crippen LogP contribution is 2.53. The number of phenolic OH excluding ortho intramolecular Hbond substituents is 1. The van der Waals surface area contributed by atoms with Crippen molar-refractivity contribution >= 4 is 23.2 Å². The molecule has 0 bridgehead atoms. The summed E-state index contributed by atoms with van der Waals surface area (Å²) in [7, 11) is 3.27. The fourth-order valence-electron chi connectivity index (χ4n) is 8.46. The van der Waals surface area contributed by atoms with Crippen LogP contribution in [0.1, 0.15) is 42.4 Å². The zero-order valence-corrected chi connectivity index (χ0v) is 26.4. The minimum Gasteiger partial charge on any atom is -0.507 e. The van der Waals surface area contributed by atoms with Gasteiger partial charge >= 0.3 is 0 Å². The minimum absolute atomic E-state index is 0.0748. The molecule has 6 atom stereocenters. The van der Waals surface area contributed by atoms with E-state index in [1.807, 2.05) is 12.1 Å². The fraction of sp³-hybridized carbons (Fsp3) is 0.472. The first kappa shape index (κ1) is 32.1. The van der Waals surface area contributed by atoms with Crippen molar-refractivity contribution in [3.63, 3.8) is 0 Å². The molecule has 10 heteroatoms. The number of benzene rings is 2. The zero-order valence-electron chi connectivity index (χ0n) is 26.4. The molecule has 4 aliphatic rings. The normalized spacial score (nSPS) is 29.7. The highest BCUT2D eigenvalue weighted by molar-refractivity contribution is 6.25. The molecule has 1 aliphatic heterocycles. The molecule has 2 aromatic carbocycles. The van der Waals surface area contributed by atoms with Crippen molar-refractivity contribution in [3.05, 3.63) is 70.8 Å². The lowest BCUT2D eigenvalue weighted by Gasteiger charge is -2.53. The first-order valence-corrected chi connectivity index (χ1v) is 16.1. The van der Waals surface area contributed by atoms with Gasteiger partial charge in [0.15, 0.2) is 11.4 Å². The molecule has 6 N–H and O–H groups in total. The lowest BCUT2D eigenvalue weighted by atomic mass is 9.54. The molecule has 0 radical (unpaired) electrons. The Morgan fingerprint density at radius 3 is 2.37 bits per heavy atom. The van der Waals surface area contributed by atoms with Crippen LogP contribution in [0.2, 0.25) is 0 Å². The van der Waals surface area contributed by atoms with E-state index in [2.05, 4.69) is 23.6 Å². The maximum Gasteiger partial charge on any atom is 0.230 e. The number of nitrogens with zero attached hydrogens (tertiary/aromatic N) is 2. The predicted octanol–water partition coefficient (Wildman–Crippen LogP) is 2.38. The average molecular weight is 630 g/mol. The number of aliphatic hydroxyl groups is 3. The van der Waals surface area contributed by atoms with Gasteiger partial charge in [0.05, 0.1) is 11.7 Å². The molecule has 46 heavy (non-hydrogen) atoms. The second-order valence-electron chi connectivity index (χ2n) is 13.7. The maximum atomic E-state index is 14.1. The summed E-state index contributed by atoms with van der Waals surface area (Å²) >= 11 is 0. The number of hydrogen-bond donors (Lipinski definition) is 5. The second-order valence-corrected chi connectivity index (χ2v) is 13.7. The number of aromatic hydroxyl groups is 1. The van der Waals surface area contributed by atoms with Gasteiger partial charge in [-0.25, -0.2) is 0 Å². The van der Waals surface area contributed by atoms with Gasteiger partial charge in [-0.3, -0.25) is 19.3 Å². The molecule has 6 rings (SSSR count). The van der Waals surface area contributed by atoms with Gasteiger partial charge < -0.3 is 31.1 Å². The number of primary amides is 1. The number of nitrogens with two attached hydrogens (primary N) is 1. The molecule has 1 heterocycles. The number of likely N-dealkylation sites (tertiary alicyclic amines) is 1. The Labute approximate surface area is 268 Å². The molecule has 0 spiro atoms. The second kappa shape index (κ2) is 12.1. The third-order valence-electron chi connectivity index (χ3n) is 10.6. The van der Waals surface area contributed by atoms with Crippen molar-refractivity contribution in [3.8, 4) is 16.9 Å². The van der Waals surface area contributed by atoms with E-state index in [0.717, 1.165) is 48.3 Å². The van der Waals surface area contributed by atoms with Crippen molar-refractivity contribution < 1.29 is 34.8 Å². The summed E-state index contributed by atoms with van der Waals surface area (Å²) in [5.74, 6) is -7.53. The first-order valence-electron chi connectivity index (χ1n) is 16.1. The van der Waals surface area contributed by atoms with E-state index in [0.29, 0.717) is 5.56 Å². The number of ketones is 2. The van der Waals surface area contributed by atoms with Crippen LogP contribution in [0.4, 0.5) is 0 Å². The Bertz CT molecular complexity index is 1620. The summed E-state index contributed by atoms with van der Waals surface area (Å²) in [6.07, 6.45) is 3.31. The van der Waals surface area contributed by atoms with Gasteiger partial charge in [0.25, 0.3) is 0 Å². The van der Waals surface area contributed by atoms with E-state index in [1.165, 1.54) is 25.3 Å². The molecule has 3 fully saturated rings. The lowest BCUT2D eigenvalue weighted by molar-refractivity contribution is -0.184. The summed E-state index contributed by atoms with van der Waals surface area (Å²) in [6.45, 7) is 7.42. The number of rotatable bonds is 7. The molecule has 244 valence electrons. The highest BCUT2D eigenvalue weighted by Gasteiger charge is 2.67. The Kier molecular flexibility index (Phi) is 8.43. The molecule has 1 amide bonds. The summed E-state index contributed by atoms with van der Waals surface area (Å²) in [6, 6.07) is 10.4. The number of aliphatic hydroxyl groups excluding tert-OH is 2. The van der Waals surface area contributed by atoms with Gasteiger partial charge in [-0.05, 0) is 93.5 Å². The number of piperidine rings is 1. The van der Waals surface area contributed by atoms with E-state index < -0.39 is 58.7 Å². The van der Waals surface area contributed by atoms with Gasteiger partial charge in [0, 0.05) is 24.1 Å². The lowest BCUT2D eigenvalue weighted by Crippen LogP contribution is -2.73. The smallest absolute Gasteiger partial charge is 0.230 e. The number of amides is 1. The SMILES string of the molecule is C=C(Cc1ccc(-c2ccc(O)c3c2C[C@@H]2C[C@@H]4C(N(C)C)C(O)C(C(N)=O)C(=O)[C@]4(O)C(=O)C2=C3O)cc1)CN1CCCCC1. The van der Waals surface area contributed by atoms with E-state index in [-0.39, 0.29) is 29.7 Å². The summed E-state index contributed by atoms with van der Waals surface area (Å²) in [5.41, 5.74) is 7.29. The van der Waals surface area contributed by atoms with Crippen LogP contribution in [0.15, 0.2) is 54.1 Å². The van der Waals surface area contributed by atoms with Gasteiger partial charge in [-0.15, -0.1) is 0 Å². The maximum absolute atomic E-state index is 14.1. The van der Waals surface area contributed by atoms with Crippen LogP contribution < -0.4 is 5.73 Å². The van der Waals surface area contributed by atoms with Crippen LogP contribution in [-0.2, 0) is 27.2 Å². The standard InChI is InChI=1S/C36H43N3O7/c1-19(18-39-13-5-4-6-14-39)15-20-7-9-21(10-8-20)23-11-12-26(40)28-24(23)16-22-17-25-30(38(2)3)32(42)29(35(37)45)34(44)36(25,46)33(43)27(22)31(28)41/h7-12,22,25,29-30,32,40-42,46H,1,4-6,13-18H2,2-3H3,(H2,37,45)/t22-,25-,29?,30?,32?,36-/m1/s1. The monoisotopic (exact) mass is 629 g/mol. The van der Waals surface area contributed by atoms with Gasteiger partial charge in [-0.2, -0.15) is 0 Å². The third kappa shape index (κ3) is 5.17. The predicted molar refractivity (Wildman–Crippen MR) is 173 cm³/mol. The Morgan fingerprint density at radius 1 is 1.07 bits per heavy atom. The number of fused-ring (bicyclic) bond motifs is 3. The summed E-state index contributed by atoms with van der Waals surface area (Å²) in [5, 5.41) is 45.4. The van der Waals surface area contributed by atoms with Gasteiger partial charge in [0.1, 0.15) is 17.4 Å². The molecule has 1 saturated heterocycles. The number of carbonyl (C=O) groups is 3. The van der Waals surface area contributed by atoms with E-state index in [1.54, 1.807) is 25.1 Å². The molecule has 0 aromatic heterocycles. The largest absolute Gasteiger partial charge is 0.507 e. The van der Waals surface area contributed by atoms with Crippen LogP contribution >= 0.6 is 0 Å².